The third kappa shape index (κ3) is 5.58. The molecule has 0 aliphatic carbocycles. The predicted molar refractivity (Wildman–Crippen MR) is 150 cm³/mol. The molecule has 0 bridgehead atoms. The molecule has 2 fully saturated rings. The second kappa shape index (κ2) is 12.3. The van der Waals surface area contributed by atoms with Gasteiger partial charge in [0, 0.05) is 0 Å². The maximum absolute atomic E-state index is 11.4. The summed E-state index contributed by atoms with van der Waals surface area (Å²) < 4.78 is 14.8. The van der Waals surface area contributed by atoms with Crippen LogP contribution in [0.25, 0.3) is 20.9 Å². The molecule has 4 aromatic rings. The molecular weight excluding hydrogens is 639 g/mol. The van der Waals surface area contributed by atoms with Crippen molar-refractivity contribution in [2.45, 2.75) is 58.7 Å². The fraction of sp³-hybridized carbons (Fsp3) is 0.462. The van der Waals surface area contributed by atoms with Crippen molar-refractivity contribution in [2.24, 2.45) is 0 Å². The summed E-state index contributed by atoms with van der Waals surface area (Å²) >= 11 is 2.27. The molecule has 2 saturated heterocycles. The number of aromatic nitrogens is 4. The van der Waals surface area contributed by atoms with Gasteiger partial charge in [-0.1, -0.05) is 0 Å². The van der Waals surface area contributed by atoms with E-state index in [1.165, 1.54) is 32.0 Å². The van der Waals surface area contributed by atoms with Gasteiger partial charge in [0.15, 0.2) is 0 Å². The van der Waals surface area contributed by atoms with Crippen molar-refractivity contribution in [3.8, 4) is 20.9 Å². The molecular formula is C26H30N4O8S2Se. The van der Waals surface area contributed by atoms with E-state index in [0.29, 0.717) is 0 Å². The molecule has 4 aromatic heterocycles. The number of aliphatic hydroxyl groups is 6. The van der Waals surface area contributed by atoms with Crippen molar-refractivity contribution >= 4 is 37.6 Å². The van der Waals surface area contributed by atoms with Gasteiger partial charge in [0.2, 0.25) is 0 Å². The van der Waals surface area contributed by atoms with Crippen LogP contribution in [0.3, 0.4) is 0 Å². The van der Waals surface area contributed by atoms with Crippen LogP contribution in [0.15, 0.2) is 59.8 Å². The Morgan fingerprint density at radius 1 is 0.707 bits per heavy atom. The minimum atomic E-state index is -1.26. The standard InChI is InChI=1S/C26H30N4O8S2Se/c31-11-15-21(33)19(29-9-13(7-27-29)17-3-1-5-39-17)23(35)25(37-15)41-26-24(36)20(22(34)16(12-32)38-26)30-10-14(8-28-30)18-4-2-6-40-18/h1-10,15-16,19-26,31-36H,11-12H2/t15?,16?,19-,20?,21-,22-,23?,24+,25-,26-/m0/s1. The summed E-state index contributed by atoms with van der Waals surface area (Å²) in [5.74, 6) is 0. The first-order chi connectivity index (χ1) is 19.9. The SMILES string of the molecule is OCC1O[C@@H]([Se][C@@H]2OC(CO)[C@H](O)[C@H](n3cc(-c4cccs4)cn3)C2O)[C@H](O)C(n2cc(-c3cccs3)cn2)[C@H]1O. The van der Waals surface area contributed by atoms with Crippen molar-refractivity contribution in [1.82, 2.24) is 19.6 Å². The first-order valence-electron chi connectivity index (χ1n) is 13.0. The van der Waals surface area contributed by atoms with Gasteiger partial charge in [-0.3, -0.25) is 0 Å². The molecule has 10 atom stereocenters. The fourth-order valence-corrected chi connectivity index (χ4v) is 9.44. The average Bonchev–Trinajstić information content (AvgIpc) is 3.79. The number of ether oxygens (including phenoxy) is 2. The third-order valence-corrected chi connectivity index (χ3v) is 12.0. The van der Waals surface area contributed by atoms with Crippen LogP contribution in [0.1, 0.15) is 12.1 Å². The van der Waals surface area contributed by atoms with Crippen molar-refractivity contribution in [2.75, 3.05) is 13.2 Å². The molecule has 220 valence electrons. The molecule has 0 radical (unpaired) electrons. The Morgan fingerprint density at radius 2 is 1.15 bits per heavy atom. The summed E-state index contributed by atoms with van der Waals surface area (Å²) in [7, 11) is 0. The van der Waals surface area contributed by atoms with Gasteiger partial charge in [-0.25, -0.2) is 0 Å². The predicted octanol–water partition coefficient (Wildman–Crippen LogP) is -0.0988. The molecule has 6 heterocycles. The molecule has 2 aliphatic rings. The molecule has 6 N–H and O–H groups in total. The zero-order valence-corrected chi connectivity index (χ0v) is 24.8. The minimum absolute atomic E-state index is 0.497. The van der Waals surface area contributed by atoms with Gasteiger partial charge >= 0.3 is 250 Å². The maximum atomic E-state index is 11.4. The first-order valence-corrected chi connectivity index (χ1v) is 16.7. The van der Waals surface area contributed by atoms with Crippen molar-refractivity contribution < 1.29 is 40.1 Å². The molecule has 0 amide bonds. The topological polar surface area (TPSA) is 175 Å². The zero-order valence-electron chi connectivity index (χ0n) is 21.5. The van der Waals surface area contributed by atoms with E-state index in [4.69, 9.17) is 9.47 Å². The summed E-state index contributed by atoms with van der Waals surface area (Å²) in [5, 5.41) is 75.6. The Kier molecular flexibility index (Phi) is 8.75. The van der Waals surface area contributed by atoms with Crippen LogP contribution in [0.5, 0.6) is 0 Å². The Labute approximate surface area is 249 Å². The van der Waals surface area contributed by atoms with Crippen LogP contribution in [-0.4, -0.2) is 125 Å². The van der Waals surface area contributed by atoms with E-state index < -0.39 is 86.9 Å². The summed E-state index contributed by atoms with van der Waals surface area (Å²) in [5.41, 5.74) is 1.64. The average molecular weight is 670 g/mol. The molecule has 0 spiro atoms. The molecule has 0 aromatic carbocycles. The Morgan fingerprint density at radius 3 is 1.51 bits per heavy atom. The van der Waals surface area contributed by atoms with Crippen LogP contribution in [-0.2, 0) is 9.47 Å². The molecule has 4 unspecified atom stereocenters. The monoisotopic (exact) mass is 670 g/mol. The van der Waals surface area contributed by atoms with Crippen molar-refractivity contribution in [1.29, 1.82) is 0 Å². The van der Waals surface area contributed by atoms with Gasteiger partial charge in [-0.05, 0) is 0 Å². The van der Waals surface area contributed by atoms with E-state index in [0.717, 1.165) is 20.9 Å². The van der Waals surface area contributed by atoms with Crippen LogP contribution in [0, 0.1) is 0 Å². The molecule has 41 heavy (non-hydrogen) atoms. The van der Waals surface area contributed by atoms with E-state index in [-0.39, 0.29) is 0 Å². The second-order valence-electron chi connectivity index (χ2n) is 9.90. The van der Waals surface area contributed by atoms with E-state index in [1.807, 2.05) is 35.0 Å². The van der Waals surface area contributed by atoms with E-state index >= 15 is 0 Å². The Balaban J connectivity index is 1.25. The zero-order chi connectivity index (χ0) is 28.7. The fourth-order valence-electron chi connectivity index (χ4n) is 5.26. The third-order valence-electron chi connectivity index (χ3n) is 7.39. The summed E-state index contributed by atoms with van der Waals surface area (Å²) in [6.07, 6.45) is -0.291. The van der Waals surface area contributed by atoms with Gasteiger partial charge in [0.1, 0.15) is 0 Å². The normalized spacial score (nSPS) is 34.2. The molecule has 15 heteroatoms. The second-order valence-corrected chi connectivity index (χ2v) is 14.3. The van der Waals surface area contributed by atoms with Crippen LogP contribution >= 0.6 is 22.7 Å². The van der Waals surface area contributed by atoms with E-state index in [2.05, 4.69) is 10.2 Å². The quantitative estimate of drug-likeness (QED) is 0.139. The van der Waals surface area contributed by atoms with Gasteiger partial charge in [-0.2, -0.15) is 0 Å². The Bertz CT molecular complexity index is 1300. The first kappa shape index (κ1) is 29.1. The number of aliphatic hydroxyl groups excluding tert-OH is 6. The van der Waals surface area contributed by atoms with Gasteiger partial charge in [0.25, 0.3) is 0 Å². The Hall–Kier alpha value is -1.98. The molecule has 12 nitrogen and oxygen atoms in total. The summed E-state index contributed by atoms with van der Waals surface area (Å²) in [6, 6.07) is 5.85. The number of nitrogens with zero attached hydrogens (tertiary/aromatic N) is 4. The summed E-state index contributed by atoms with van der Waals surface area (Å²) in [6.45, 7) is -0.993. The van der Waals surface area contributed by atoms with Crippen LogP contribution < -0.4 is 0 Å². The number of rotatable bonds is 8. The number of thiophene rings is 2. The number of hydrogen-bond acceptors (Lipinski definition) is 12. The summed E-state index contributed by atoms with van der Waals surface area (Å²) in [4.78, 5) is 1.96. The van der Waals surface area contributed by atoms with Crippen LogP contribution in [0.4, 0.5) is 0 Å². The molecule has 6 rings (SSSR count). The van der Waals surface area contributed by atoms with E-state index in [1.54, 1.807) is 24.8 Å². The number of hydrogen-bond donors (Lipinski definition) is 6. The van der Waals surface area contributed by atoms with Gasteiger partial charge in [0.05, 0.1) is 0 Å². The van der Waals surface area contributed by atoms with Crippen LogP contribution in [0.2, 0.25) is 0 Å². The molecule has 2 aliphatic heterocycles. The van der Waals surface area contributed by atoms with Gasteiger partial charge in [-0.15, -0.1) is 0 Å². The van der Waals surface area contributed by atoms with Crippen molar-refractivity contribution in [3.05, 3.63) is 59.8 Å². The van der Waals surface area contributed by atoms with Crippen molar-refractivity contribution in [3.63, 3.8) is 0 Å². The molecule has 0 saturated carbocycles. The van der Waals surface area contributed by atoms with E-state index in [9.17, 15) is 30.6 Å². The van der Waals surface area contributed by atoms with Gasteiger partial charge < -0.3 is 0 Å².